The van der Waals surface area contributed by atoms with Crippen LogP contribution in [0.4, 0.5) is 23.7 Å². The lowest BCUT2D eigenvalue weighted by atomic mass is 10.2. The first-order valence-corrected chi connectivity index (χ1v) is 7.45. The number of carbonyl (C=O) groups excluding carboxylic acids is 1. The van der Waals surface area contributed by atoms with Gasteiger partial charge in [-0.05, 0) is 18.2 Å². The second-order valence-corrected chi connectivity index (χ2v) is 5.61. The molecule has 1 aromatic rings. The van der Waals surface area contributed by atoms with Crippen molar-refractivity contribution in [2.45, 2.75) is 6.18 Å². The number of urea groups is 1. The van der Waals surface area contributed by atoms with Gasteiger partial charge in [0, 0.05) is 38.4 Å². The molecule has 4 nitrogen and oxygen atoms in total. The van der Waals surface area contributed by atoms with Crippen LogP contribution in [0.5, 0.6) is 0 Å². The van der Waals surface area contributed by atoms with Crippen LogP contribution in [0.1, 0.15) is 5.56 Å². The predicted molar refractivity (Wildman–Crippen MR) is 83.7 cm³/mol. The minimum Gasteiger partial charge on any atom is -0.322 e. The van der Waals surface area contributed by atoms with Gasteiger partial charge in [0.25, 0.3) is 0 Å². The molecule has 1 saturated heterocycles. The first kappa shape index (κ1) is 17.6. The highest BCUT2D eigenvalue weighted by Crippen LogP contribution is 2.36. The third-order valence-corrected chi connectivity index (χ3v) is 3.90. The summed E-state index contributed by atoms with van der Waals surface area (Å²) in [6.07, 6.45) is -2.77. The maximum atomic E-state index is 12.8. The van der Waals surface area contributed by atoms with E-state index in [0.29, 0.717) is 26.2 Å². The van der Waals surface area contributed by atoms with E-state index in [2.05, 4.69) is 16.8 Å². The summed E-state index contributed by atoms with van der Waals surface area (Å²) >= 11 is 5.56. The van der Waals surface area contributed by atoms with E-state index < -0.39 is 22.8 Å². The van der Waals surface area contributed by atoms with Gasteiger partial charge in [0.1, 0.15) is 0 Å². The largest absolute Gasteiger partial charge is 0.417 e. The van der Waals surface area contributed by atoms with E-state index >= 15 is 0 Å². The summed E-state index contributed by atoms with van der Waals surface area (Å²) in [5, 5.41) is 2.09. The van der Waals surface area contributed by atoms with Crippen LogP contribution in [0.2, 0.25) is 5.02 Å². The van der Waals surface area contributed by atoms with Crippen molar-refractivity contribution < 1.29 is 18.0 Å². The Balaban J connectivity index is 2.00. The van der Waals surface area contributed by atoms with Gasteiger partial charge in [0.05, 0.1) is 10.6 Å². The molecule has 0 atom stereocenters. The lowest BCUT2D eigenvalue weighted by molar-refractivity contribution is -0.137. The molecule has 126 valence electrons. The molecule has 1 fully saturated rings. The summed E-state index contributed by atoms with van der Waals surface area (Å²) in [6.45, 7) is 6.85. The quantitative estimate of drug-likeness (QED) is 0.846. The van der Waals surface area contributed by atoms with Crippen LogP contribution in [0.25, 0.3) is 0 Å². The van der Waals surface area contributed by atoms with E-state index in [-0.39, 0.29) is 5.69 Å². The van der Waals surface area contributed by atoms with Gasteiger partial charge >= 0.3 is 12.2 Å². The molecular weight excluding hydrogens is 331 g/mol. The Morgan fingerprint density at radius 3 is 2.52 bits per heavy atom. The van der Waals surface area contributed by atoms with Gasteiger partial charge in [0.2, 0.25) is 0 Å². The number of nitrogens with one attached hydrogen (secondary N) is 1. The van der Waals surface area contributed by atoms with Crippen molar-refractivity contribution >= 4 is 23.3 Å². The molecule has 23 heavy (non-hydrogen) atoms. The van der Waals surface area contributed by atoms with Crippen molar-refractivity contribution in [1.82, 2.24) is 9.80 Å². The van der Waals surface area contributed by atoms with Gasteiger partial charge in [-0.3, -0.25) is 4.90 Å². The maximum absolute atomic E-state index is 12.8. The normalized spacial score (nSPS) is 16.3. The number of amides is 2. The van der Waals surface area contributed by atoms with Crippen molar-refractivity contribution in [2.24, 2.45) is 0 Å². The fourth-order valence-corrected chi connectivity index (χ4v) is 2.56. The Morgan fingerprint density at radius 2 is 1.96 bits per heavy atom. The summed E-state index contributed by atoms with van der Waals surface area (Å²) in [7, 11) is 0. The van der Waals surface area contributed by atoms with Crippen LogP contribution in [-0.2, 0) is 6.18 Å². The lowest BCUT2D eigenvalue weighted by Crippen LogP contribution is -2.49. The van der Waals surface area contributed by atoms with Crippen molar-refractivity contribution in [3.8, 4) is 0 Å². The second kappa shape index (κ2) is 7.23. The molecule has 0 spiro atoms. The molecule has 0 aliphatic carbocycles. The van der Waals surface area contributed by atoms with Crippen molar-refractivity contribution in [2.75, 3.05) is 38.0 Å². The molecule has 1 heterocycles. The lowest BCUT2D eigenvalue weighted by Gasteiger charge is -2.34. The summed E-state index contributed by atoms with van der Waals surface area (Å²) in [6, 6.07) is 2.90. The monoisotopic (exact) mass is 347 g/mol. The number of benzene rings is 1. The van der Waals surface area contributed by atoms with Gasteiger partial charge < -0.3 is 10.2 Å². The van der Waals surface area contributed by atoms with E-state index in [4.69, 9.17) is 11.6 Å². The molecule has 8 heteroatoms. The smallest absolute Gasteiger partial charge is 0.322 e. The number of alkyl halides is 3. The number of halogens is 4. The Hall–Kier alpha value is -1.73. The van der Waals surface area contributed by atoms with E-state index in [1.807, 2.05) is 0 Å². The van der Waals surface area contributed by atoms with Crippen LogP contribution in [0.3, 0.4) is 0 Å². The highest BCUT2D eigenvalue weighted by molar-refractivity contribution is 6.31. The van der Waals surface area contributed by atoms with Crippen LogP contribution >= 0.6 is 11.6 Å². The zero-order chi connectivity index (χ0) is 17.0. The molecular formula is C15H17ClF3N3O. The highest BCUT2D eigenvalue weighted by atomic mass is 35.5. The van der Waals surface area contributed by atoms with Crippen LogP contribution < -0.4 is 5.32 Å². The molecule has 0 radical (unpaired) electrons. The number of carbonyl (C=O) groups is 1. The summed E-state index contributed by atoms with van der Waals surface area (Å²) in [5.74, 6) is 0. The van der Waals surface area contributed by atoms with Gasteiger partial charge in [0.15, 0.2) is 0 Å². The number of rotatable bonds is 3. The molecule has 0 saturated carbocycles. The average molecular weight is 348 g/mol. The Kier molecular flexibility index (Phi) is 5.54. The van der Waals surface area contributed by atoms with Crippen LogP contribution in [0, 0.1) is 0 Å². The third kappa shape index (κ3) is 4.62. The topological polar surface area (TPSA) is 35.6 Å². The Labute approximate surface area is 137 Å². The zero-order valence-electron chi connectivity index (χ0n) is 12.4. The number of piperazine rings is 1. The van der Waals surface area contributed by atoms with E-state index in [9.17, 15) is 18.0 Å². The molecule has 0 unspecified atom stereocenters. The first-order chi connectivity index (χ1) is 10.8. The van der Waals surface area contributed by atoms with Gasteiger partial charge in [-0.1, -0.05) is 17.7 Å². The van der Waals surface area contributed by atoms with E-state index in [1.54, 1.807) is 11.0 Å². The SMILES string of the molecule is C=CCN1CCN(C(=O)Nc2ccc(Cl)c(C(F)(F)F)c2)CC1. The van der Waals surface area contributed by atoms with Gasteiger partial charge in [-0.2, -0.15) is 13.2 Å². The molecule has 1 aliphatic rings. The third-order valence-electron chi connectivity index (χ3n) is 3.57. The number of anilines is 1. The minimum atomic E-state index is -4.56. The summed E-state index contributed by atoms with van der Waals surface area (Å²) < 4.78 is 38.4. The minimum absolute atomic E-state index is 0.0697. The maximum Gasteiger partial charge on any atom is 0.417 e. The number of hydrogen-bond donors (Lipinski definition) is 1. The molecule has 0 bridgehead atoms. The fourth-order valence-electron chi connectivity index (χ4n) is 2.34. The van der Waals surface area contributed by atoms with E-state index in [1.165, 1.54) is 6.07 Å². The molecule has 2 amide bonds. The van der Waals surface area contributed by atoms with Gasteiger partial charge in [-0.15, -0.1) is 6.58 Å². The molecule has 0 aromatic heterocycles. The molecule has 1 aliphatic heterocycles. The van der Waals surface area contributed by atoms with Crippen molar-refractivity contribution in [1.29, 1.82) is 0 Å². The van der Waals surface area contributed by atoms with Crippen molar-refractivity contribution in [3.05, 3.63) is 41.4 Å². The summed E-state index contributed by atoms with van der Waals surface area (Å²) in [5.41, 5.74) is -0.895. The molecule has 1 N–H and O–H groups in total. The standard InChI is InChI=1S/C15H17ClF3N3O/c1-2-5-21-6-8-22(9-7-21)14(23)20-11-3-4-13(16)12(10-11)15(17,18)19/h2-4,10H,1,5-9H2,(H,20,23). The predicted octanol–water partition coefficient (Wildman–Crippen LogP) is 3.69. The number of nitrogens with zero attached hydrogens (tertiary/aromatic N) is 2. The fraction of sp³-hybridized carbons (Fsp3) is 0.400. The average Bonchev–Trinajstić information content (AvgIpc) is 2.49. The molecule has 1 aromatic carbocycles. The first-order valence-electron chi connectivity index (χ1n) is 7.07. The highest BCUT2D eigenvalue weighted by Gasteiger charge is 2.33. The summed E-state index contributed by atoms with van der Waals surface area (Å²) in [4.78, 5) is 15.9. The van der Waals surface area contributed by atoms with Crippen molar-refractivity contribution in [3.63, 3.8) is 0 Å². The van der Waals surface area contributed by atoms with Crippen LogP contribution in [-0.4, -0.2) is 48.6 Å². The Bertz CT molecular complexity index is 584. The Morgan fingerprint density at radius 1 is 1.30 bits per heavy atom. The van der Waals surface area contributed by atoms with Crippen LogP contribution in [0.15, 0.2) is 30.9 Å². The zero-order valence-corrected chi connectivity index (χ0v) is 13.1. The second-order valence-electron chi connectivity index (χ2n) is 5.20. The van der Waals surface area contributed by atoms with E-state index in [0.717, 1.165) is 18.7 Å². The van der Waals surface area contributed by atoms with Gasteiger partial charge in [-0.25, -0.2) is 4.79 Å². The number of hydrogen-bond acceptors (Lipinski definition) is 2. The molecule has 2 rings (SSSR count).